The summed E-state index contributed by atoms with van der Waals surface area (Å²) in [6.07, 6.45) is 2.03. The lowest BCUT2D eigenvalue weighted by atomic mass is 9.95. The molecule has 24 heavy (non-hydrogen) atoms. The van der Waals surface area contributed by atoms with E-state index in [1.165, 1.54) is 0 Å². The topological polar surface area (TPSA) is 54.0 Å². The van der Waals surface area contributed by atoms with E-state index in [4.69, 9.17) is 18.9 Å². The summed E-state index contributed by atoms with van der Waals surface area (Å²) in [6, 6.07) is 3.53. The van der Waals surface area contributed by atoms with Gasteiger partial charge in [0.15, 0.2) is 12.6 Å². The molecule has 1 aliphatic heterocycles. The molecule has 5 nitrogen and oxygen atoms in total. The second-order valence-electron chi connectivity index (χ2n) is 6.86. The molecular weight excluding hydrogens is 308 g/mol. The zero-order valence-electron chi connectivity index (χ0n) is 15.1. The molecule has 2 rings (SSSR count). The van der Waals surface area contributed by atoms with E-state index < -0.39 is 6.29 Å². The van der Waals surface area contributed by atoms with Gasteiger partial charge in [-0.15, -0.1) is 0 Å². The molecule has 0 saturated carbocycles. The van der Waals surface area contributed by atoms with Crippen molar-refractivity contribution in [2.24, 2.45) is 5.41 Å². The number of aldehydes is 1. The molecule has 1 aromatic rings. The van der Waals surface area contributed by atoms with Crippen molar-refractivity contribution in [1.82, 2.24) is 0 Å². The Morgan fingerprint density at radius 1 is 1.08 bits per heavy atom. The van der Waals surface area contributed by atoms with Gasteiger partial charge in [-0.3, -0.25) is 4.79 Å². The van der Waals surface area contributed by atoms with Gasteiger partial charge in [-0.2, -0.15) is 0 Å². The van der Waals surface area contributed by atoms with Crippen molar-refractivity contribution in [2.75, 3.05) is 26.4 Å². The Bertz CT molecular complexity index is 543. The first-order valence-electron chi connectivity index (χ1n) is 8.62. The van der Waals surface area contributed by atoms with Gasteiger partial charge in [-0.25, -0.2) is 0 Å². The van der Waals surface area contributed by atoms with E-state index in [2.05, 4.69) is 13.8 Å². The molecule has 0 aromatic heterocycles. The zero-order chi connectivity index (χ0) is 17.6. The summed E-state index contributed by atoms with van der Waals surface area (Å²) < 4.78 is 23.3. The summed E-state index contributed by atoms with van der Waals surface area (Å²) in [7, 11) is 0. The molecule has 5 heteroatoms. The van der Waals surface area contributed by atoms with Crippen LogP contribution in [0.25, 0.3) is 0 Å². The molecule has 0 unspecified atom stereocenters. The van der Waals surface area contributed by atoms with Gasteiger partial charge >= 0.3 is 0 Å². The zero-order valence-corrected chi connectivity index (χ0v) is 15.1. The number of rotatable bonds is 8. The Morgan fingerprint density at radius 3 is 2.21 bits per heavy atom. The standard InChI is InChI=1S/C19H28O5/c1-5-7-21-16-10-15(18-23-12-19(3,4)13-24-18)17(22-8-6-2)9-14(16)11-20/h9-11,18H,5-8,12-13H2,1-4H3. The van der Waals surface area contributed by atoms with Crippen LogP contribution >= 0.6 is 0 Å². The number of benzene rings is 1. The van der Waals surface area contributed by atoms with Gasteiger partial charge in [-0.05, 0) is 25.0 Å². The summed E-state index contributed by atoms with van der Waals surface area (Å²) in [4.78, 5) is 11.4. The number of ether oxygens (including phenoxy) is 4. The highest BCUT2D eigenvalue weighted by Crippen LogP contribution is 2.38. The minimum absolute atomic E-state index is 0.00871. The van der Waals surface area contributed by atoms with Gasteiger partial charge in [0.25, 0.3) is 0 Å². The van der Waals surface area contributed by atoms with Gasteiger partial charge in [0, 0.05) is 5.41 Å². The summed E-state index contributed by atoms with van der Waals surface area (Å²) in [5.41, 5.74) is 1.25. The fourth-order valence-corrected chi connectivity index (χ4v) is 2.41. The van der Waals surface area contributed by atoms with Gasteiger partial charge in [-0.1, -0.05) is 27.7 Å². The molecule has 1 aliphatic rings. The Kier molecular flexibility index (Phi) is 6.63. The normalized spacial score (nSPS) is 17.5. The Labute approximate surface area is 144 Å². The van der Waals surface area contributed by atoms with Crippen molar-refractivity contribution >= 4 is 6.29 Å². The van der Waals surface area contributed by atoms with Crippen LogP contribution in [-0.4, -0.2) is 32.7 Å². The molecule has 0 amide bonds. The number of hydrogen-bond donors (Lipinski definition) is 0. The van der Waals surface area contributed by atoms with E-state index in [0.717, 1.165) is 24.7 Å². The molecule has 0 atom stereocenters. The second kappa shape index (κ2) is 8.49. The van der Waals surface area contributed by atoms with Crippen LogP contribution in [0.15, 0.2) is 12.1 Å². The van der Waals surface area contributed by atoms with E-state index in [1.807, 2.05) is 19.9 Å². The molecule has 1 saturated heterocycles. The molecule has 0 radical (unpaired) electrons. The lowest BCUT2D eigenvalue weighted by Gasteiger charge is -2.35. The first-order valence-corrected chi connectivity index (χ1v) is 8.62. The average molecular weight is 336 g/mol. The minimum Gasteiger partial charge on any atom is -0.493 e. The van der Waals surface area contributed by atoms with Crippen molar-refractivity contribution in [3.05, 3.63) is 23.3 Å². The molecule has 0 N–H and O–H groups in total. The first kappa shape index (κ1) is 18.7. The van der Waals surface area contributed by atoms with Gasteiger partial charge in [0.1, 0.15) is 11.5 Å². The van der Waals surface area contributed by atoms with Crippen molar-refractivity contribution < 1.29 is 23.7 Å². The highest BCUT2D eigenvalue weighted by molar-refractivity contribution is 5.80. The van der Waals surface area contributed by atoms with E-state index in [9.17, 15) is 4.79 Å². The van der Waals surface area contributed by atoms with Crippen LogP contribution in [0.2, 0.25) is 0 Å². The SMILES string of the molecule is CCCOc1cc(C2OCC(C)(C)CO2)c(OCCC)cc1C=O. The maximum absolute atomic E-state index is 11.4. The fraction of sp³-hybridized carbons (Fsp3) is 0.632. The molecule has 0 aliphatic carbocycles. The lowest BCUT2D eigenvalue weighted by Crippen LogP contribution is -2.34. The van der Waals surface area contributed by atoms with Crippen LogP contribution < -0.4 is 9.47 Å². The van der Waals surface area contributed by atoms with Crippen molar-refractivity contribution in [3.8, 4) is 11.5 Å². The van der Waals surface area contributed by atoms with Crippen LogP contribution in [-0.2, 0) is 9.47 Å². The van der Waals surface area contributed by atoms with Gasteiger partial charge < -0.3 is 18.9 Å². The van der Waals surface area contributed by atoms with E-state index in [0.29, 0.717) is 43.5 Å². The monoisotopic (exact) mass is 336 g/mol. The highest BCUT2D eigenvalue weighted by atomic mass is 16.7. The molecule has 1 heterocycles. The predicted molar refractivity (Wildman–Crippen MR) is 91.8 cm³/mol. The highest BCUT2D eigenvalue weighted by Gasteiger charge is 2.31. The molecule has 1 fully saturated rings. The summed E-state index contributed by atoms with van der Waals surface area (Å²) >= 11 is 0. The predicted octanol–water partition coefficient (Wildman–Crippen LogP) is 4.15. The lowest BCUT2D eigenvalue weighted by molar-refractivity contribution is -0.226. The maximum Gasteiger partial charge on any atom is 0.187 e. The first-order chi connectivity index (χ1) is 11.5. The number of carbonyl (C=O) groups excluding carboxylic acids is 1. The van der Waals surface area contributed by atoms with Crippen LogP contribution in [0.3, 0.4) is 0 Å². The summed E-state index contributed by atoms with van der Waals surface area (Å²) in [5, 5.41) is 0. The second-order valence-corrected chi connectivity index (χ2v) is 6.86. The summed E-state index contributed by atoms with van der Waals surface area (Å²) in [6.45, 7) is 10.6. The molecular formula is C19H28O5. The Hall–Kier alpha value is -1.59. The molecule has 1 aromatic carbocycles. The third-order valence-corrected chi connectivity index (χ3v) is 3.70. The average Bonchev–Trinajstić information content (AvgIpc) is 2.58. The van der Waals surface area contributed by atoms with Crippen molar-refractivity contribution in [1.29, 1.82) is 0 Å². The summed E-state index contributed by atoms with van der Waals surface area (Å²) in [5.74, 6) is 1.16. The van der Waals surface area contributed by atoms with Gasteiger partial charge in [0.05, 0.1) is 37.6 Å². The smallest absolute Gasteiger partial charge is 0.187 e. The molecule has 0 bridgehead atoms. The molecule has 0 spiro atoms. The Balaban J connectivity index is 2.32. The minimum atomic E-state index is -0.505. The van der Waals surface area contributed by atoms with E-state index >= 15 is 0 Å². The van der Waals surface area contributed by atoms with E-state index in [1.54, 1.807) is 6.07 Å². The fourth-order valence-electron chi connectivity index (χ4n) is 2.41. The number of hydrogen-bond acceptors (Lipinski definition) is 5. The Morgan fingerprint density at radius 2 is 1.67 bits per heavy atom. The van der Waals surface area contributed by atoms with Crippen molar-refractivity contribution in [2.45, 2.75) is 46.8 Å². The van der Waals surface area contributed by atoms with Crippen LogP contribution in [0.5, 0.6) is 11.5 Å². The van der Waals surface area contributed by atoms with E-state index in [-0.39, 0.29) is 5.41 Å². The maximum atomic E-state index is 11.4. The van der Waals surface area contributed by atoms with Crippen molar-refractivity contribution in [3.63, 3.8) is 0 Å². The number of carbonyl (C=O) groups is 1. The third kappa shape index (κ3) is 4.71. The van der Waals surface area contributed by atoms with Crippen LogP contribution in [0.4, 0.5) is 0 Å². The largest absolute Gasteiger partial charge is 0.493 e. The third-order valence-electron chi connectivity index (χ3n) is 3.70. The van der Waals surface area contributed by atoms with Crippen LogP contribution in [0.1, 0.15) is 62.7 Å². The van der Waals surface area contributed by atoms with Gasteiger partial charge in [0.2, 0.25) is 0 Å². The van der Waals surface area contributed by atoms with Crippen LogP contribution in [0, 0.1) is 5.41 Å². The molecule has 134 valence electrons. The quantitative estimate of drug-likeness (QED) is 0.668.